The molecule has 60 valence electrons. The van der Waals surface area contributed by atoms with Crippen molar-refractivity contribution in [1.29, 1.82) is 0 Å². The summed E-state index contributed by atoms with van der Waals surface area (Å²) in [6.07, 6.45) is 4.05. The quantitative estimate of drug-likeness (QED) is 0.572. The van der Waals surface area contributed by atoms with Gasteiger partial charge in [0.2, 0.25) is 0 Å². The van der Waals surface area contributed by atoms with E-state index >= 15 is 0 Å². The summed E-state index contributed by atoms with van der Waals surface area (Å²) in [5, 5.41) is 9.67. The van der Waals surface area contributed by atoms with E-state index < -0.39 is 5.60 Å². The first-order valence-electron chi connectivity index (χ1n) is 4.09. The van der Waals surface area contributed by atoms with E-state index in [9.17, 15) is 5.11 Å². The average Bonchev–Trinajstić information content (AvgIpc) is 1.96. The molecule has 10 heavy (non-hydrogen) atoms. The van der Waals surface area contributed by atoms with Gasteiger partial charge in [-0.3, -0.25) is 0 Å². The van der Waals surface area contributed by atoms with Crippen LogP contribution in [0.5, 0.6) is 0 Å². The van der Waals surface area contributed by atoms with Crippen LogP contribution in [0.25, 0.3) is 0 Å². The van der Waals surface area contributed by atoms with Gasteiger partial charge in [0.15, 0.2) is 0 Å². The maximum Gasteiger partial charge on any atom is 0.0769 e. The smallest absolute Gasteiger partial charge is 0.0769 e. The summed E-state index contributed by atoms with van der Waals surface area (Å²) in [7, 11) is 0. The Kier molecular flexibility index (Phi) is 2.32. The Morgan fingerprint density at radius 2 is 2.00 bits per heavy atom. The molecule has 1 aliphatic carbocycles. The van der Waals surface area contributed by atoms with Gasteiger partial charge in [-0.15, -0.1) is 0 Å². The van der Waals surface area contributed by atoms with Gasteiger partial charge in [-0.25, -0.2) is 0 Å². The summed E-state index contributed by atoms with van der Waals surface area (Å²) in [5.41, 5.74) is 4.91. The molecule has 3 N–H and O–H groups in total. The maximum absolute atomic E-state index is 9.67. The zero-order valence-electron chi connectivity index (χ0n) is 6.64. The Bertz CT molecular complexity index is 106. The van der Waals surface area contributed by atoms with Crippen LogP contribution in [0.3, 0.4) is 0 Å². The van der Waals surface area contributed by atoms with Crippen LogP contribution in [0.4, 0.5) is 0 Å². The first-order valence-corrected chi connectivity index (χ1v) is 4.09. The molecule has 0 aromatic rings. The molecule has 0 aromatic carbocycles. The topological polar surface area (TPSA) is 46.2 Å². The standard InChI is InChI=1S/C8H17NO/c1-7-2-4-8(10,6-9)5-3-7/h7,10H,2-6,9H2,1H3. The van der Waals surface area contributed by atoms with E-state index in [4.69, 9.17) is 5.73 Å². The van der Waals surface area contributed by atoms with Crippen molar-refractivity contribution < 1.29 is 5.11 Å². The molecule has 0 atom stereocenters. The predicted molar refractivity (Wildman–Crippen MR) is 41.6 cm³/mol. The van der Waals surface area contributed by atoms with Crippen LogP contribution in [0.1, 0.15) is 32.6 Å². The molecule has 2 heteroatoms. The van der Waals surface area contributed by atoms with Gasteiger partial charge in [0.1, 0.15) is 0 Å². The molecule has 1 fully saturated rings. The fourth-order valence-electron chi connectivity index (χ4n) is 1.50. The van der Waals surface area contributed by atoms with Gasteiger partial charge in [0.05, 0.1) is 5.60 Å². The van der Waals surface area contributed by atoms with Crippen LogP contribution < -0.4 is 5.73 Å². The van der Waals surface area contributed by atoms with Crippen molar-refractivity contribution in [3.63, 3.8) is 0 Å². The predicted octanol–water partition coefficient (Wildman–Crippen LogP) is 0.886. The van der Waals surface area contributed by atoms with Gasteiger partial charge in [-0.2, -0.15) is 0 Å². The minimum atomic E-state index is -0.521. The second-order valence-corrected chi connectivity index (χ2v) is 3.61. The van der Waals surface area contributed by atoms with E-state index in [-0.39, 0.29) is 0 Å². The third kappa shape index (κ3) is 1.70. The average molecular weight is 143 g/mol. The molecule has 0 heterocycles. The molecule has 0 bridgehead atoms. The van der Waals surface area contributed by atoms with Crippen molar-refractivity contribution in [3.8, 4) is 0 Å². The van der Waals surface area contributed by atoms with Gasteiger partial charge in [0, 0.05) is 6.54 Å². The normalized spacial score (nSPS) is 41.7. The van der Waals surface area contributed by atoms with Gasteiger partial charge in [0.25, 0.3) is 0 Å². The minimum absolute atomic E-state index is 0.430. The van der Waals surface area contributed by atoms with E-state index in [0.29, 0.717) is 6.54 Å². The SMILES string of the molecule is CC1CCC(O)(CN)CC1. The third-order valence-corrected chi connectivity index (χ3v) is 2.58. The molecular formula is C8H17NO. The lowest BCUT2D eigenvalue weighted by Crippen LogP contribution is -2.40. The van der Waals surface area contributed by atoms with Crippen molar-refractivity contribution in [2.45, 2.75) is 38.2 Å². The second kappa shape index (κ2) is 2.89. The van der Waals surface area contributed by atoms with Gasteiger partial charge in [-0.1, -0.05) is 6.92 Å². The summed E-state index contributed by atoms with van der Waals surface area (Å²) in [6.45, 7) is 2.66. The zero-order chi connectivity index (χ0) is 7.61. The van der Waals surface area contributed by atoms with Crippen LogP contribution in [0.2, 0.25) is 0 Å². The molecule has 0 unspecified atom stereocenters. The maximum atomic E-state index is 9.67. The number of rotatable bonds is 1. The molecule has 2 nitrogen and oxygen atoms in total. The molecule has 0 aromatic heterocycles. The second-order valence-electron chi connectivity index (χ2n) is 3.61. The number of aliphatic hydroxyl groups is 1. The molecular weight excluding hydrogens is 126 g/mol. The lowest BCUT2D eigenvalue weighted by Gasteiger charge is -2.33. The first-order chi connectivity index (χ1) is 4.66. The Morgan fingerprint density at radius 3 is 2.40 bits per heavy atom. The third-order valence-electron chi connectivity index (χ3n) is 2.58. The summed E-state index contributed by atoms with van der Waals surface area (Å²) in [6, 6.07) is 0. The highest BCUT2D eigenvalue weighted by atomic mass is 16.3. The highest BCUT2D eigenvalue weighted by Gasteiger charge is 2.29. The van der Waals surface area contributed by atoms with Crippen LogP contribution in [-0.2, 0) is 0 Å². The van der Waals surface area contributed by atoms with Gasteiger partial charge in [-0.05, 0) is 31.6 Å². The van der Waals surface area contributed by atoms with Gasteiger partial charge >= 0.3 is 0 Å². The number of nitrogens with two attached hydrogens (primary N) is 1. The highest BCUT2D eigenvalue weighted by molar-refractivity contribution is 4.84. The minimum Gasteiger partial charge on any atom is -0.389 e. The molecule has 1 saturated carbocycles. The zero-order valence-corrected chi connectivity index (χ0v) is 6.64. The highest BCUT2D eigenvalue weighted by Crippen LogP contribution is 2.30. The summed E-state index contributed by atoms with van der Waals surface area (Å²) in [4.78, 5) is 0. The molecule has 0 saturated heterocycles. The Balaban J connectivity index is 2.38. The van der Waals surface area contributed by atoms with Crippen molar-refractivity contribution >= 4 is 0 Å². The van der Waals surface area contributed by atoms with E-state index in [1.54, 1.807) is 0 Å². The van der Waals surface area contributed by atoms with Gasteiger partial charge < -0.3 is 10.8 Å². The fourth-order valence-corrected chi connectivity index (χ4v) is 1.50. The number of hydrogen-bond donors (Lipinski definition) is 2. The summed E-state index contributed by atoms with van der Waals surface area (Å²) < 4.78 is 0. The van der Waals surface area contributed by atoms with Crippen LogP contribution >= 0.6 is 0 Å². The largest absolute Gasteiger partial charge is 0.389 e. The van der Waals surface area contributed by atoms with Crippen LogP contribution in [0.15, 0.2) is 0 Å². The van der Waals surface area contributed by atoms with Crippen molar-refractivity contribution in [2.75, 3.05) is 6.54 Å². The molecule has 0 radical (unpaired) electrons. The molecule has 1 aliphatic rings. The van der Waals surface area contributed by atoms with Crippen molar-refractivity contribution in [2.24, 2.45) is 11.7 Å². The molecule has 1 rings (SSSR count). The fraction of sp³-hybridized carbons (Fsp3) is 1.00. The van der Waals surface area contributed by atoms with Crippen molar-refractivity contribution in [1.82, 2.24) is 0 Å². The summed E-state index contributed by atoms with van der Waals surface area (Å²) in [5.74, 6) is 0.784. The van der Waals surface area contributed by atoms with E-state index in [0.717, 1.165) is 31.6 Å². The van der Waals surface area contributed by atoms with Crippen LogP contribution in [0, 0.1) is 5.92 Å². The lowest BCUT2D eigenvalue weighted by molar-refractivity contribution is 0.00127. The van der Waals surface area contributed by atoms with Crippen molar-refractivity contribution in [3.05, 3.63) is 0 Å². The first kappa shape index (κ1) is 8.02. The Labute approximate surface area is 62.4 Å². The molecule has 0 aliphatic heterocycles. The van der Waals surface area contributed by atoms with E-state index in [1.165, 1.54) is 0 Å². The monoisotopic (exact) mass is 143 g/mol. The lowest BCUT2D eigenvalue weighted by atomic mass is 9.80. The van der Waals surface area contributed by atoms with Crippen LogP contribution in [-0.4, -0.2) is 17.3 Å². The Morgan fingerprint density at radius 1 is 1.50 bits per heavy atom. The Hall–Kier alpha value is -0.0800. The van der Waals surface area contributed by atoms with E-state index in [2.05, 4.69) is 6.92 Å². The molecule has 0 amide bonds. The van der Waals surface area contributed by atoms with E-state index in [1.807, 2.05) is 0 Å². The summed E-state index contributed by atoms with van der Waals surface area (Å²) >= 11 is 0. The number of hydrogen-bond acceptors (Lipinski definition) is 2. The molecule has 0 spiro atoms.